The van der Waals surface area contributed by atoms with Crippen molar-refractivity contribution >= 4 is 60.5 Å². The SMILES string of the molecule is Cc1cc(Br)c(N=C(NN=Cc2ccc(OCCC(C)C)cc2)c2ccc3ccccc3n2)c(Br)c1. The van der Waals surface area contributed by atoms with E-state index < -0.39 is 0 Å². The molecule has 0 saturated carbocycles. The first kappa shape index (κ1) is 26.0. The van der Waals surface area contributed by atoms with Crippen molar-refractivity contribution in [1.82, 2.24) is 10.4 Å². The highest BCUT2D eigenvalue weighted by Gasteiger charge is 2.11. The summed E-state index contributed by atoms with van der Waals surface area (Å²) in [4.78, 5) is 9.70. The zero-order valence-corrected chi connectivity index (χ0v) is 23.7. The third-order valence-corrected chi connectivity index (χ3v) is 6.66. The Morgan fingerprint density at radius 3 is 2.44 bits per heavy atom. The first-order chi connectivity index (χ1) is 17.4. The van der Waals surface area contributed by atoms with Gasteiger partial charge in [0.2, 0.25) is 0 Å². The van der Waals surface area contributed by atoms with Crippen LogP contribution in [0, 0.1) is 12.8 Å². The largest absolute Gasteiger partial charge is 0.494 e. The van der Waals surface area contributed by atoms with Crippen LogP contribution in [0.15, 0.2) is 91.8 Å². The molecule has 0 aliphatic heterocycles. The number of amidine groups is 1. The van der Waals surface area contributed by atoms with Crippen molar-refractivity contribution in [3.8, 4) is 5.75 Å². The van der Waals surface area contributed by atoms with Gasteiger partial charge < -0.3 is 4.74 Å². The van der Waals surface area contributed by atoms with Crippen LogP contribution in [0.4, 0.5) is 5.69 Å². The van der Waals surface area contributed by atoms with Crippen LogP contribution in [-0.4, -0.2) is 23.6 Å². The van der Waals surface area contributed by atoms with Gasteiger partial charge in [-0.1, -0.05) is 38.1 Å². The third kappa shape index (κ3) is 7.02. The van der Waals surface area contributed by atoms with E-state index in [0.29, 0.717) is 17.4 Å². The van der Waals surface area contributed by atoms with Crippen LogP contribution in [0.5, 0.6) is 5.75 Å². The van der Waals surface area contributed by atoms with E-state index in [1.165, 1.54) is 0 Å². The molecule has 0 aliphatic carbocycles. The maximum absolute atomic E-state index is 5.81. The van der Waals surface area contributed by atoms with Crippen molar-refractivity contribution in [3.63, 3.8) is 0 Å². The molecular formula is C29H28Br2N4O. The number of hydrogen-bond acceptors (Lipinski definition) is 4. The fourth-order valence-electron chi connectivity index (χ4n) is 3.48. The third-order valence-electron chi connectivity index (χ3n) is 5.45. The molecule has 0 amide bonds. The second kappa shape index (κ2) is 12.3. The van der Waals surface area contributed by atoms with Gasteiger partial charge in [0.15, 0.2) is 5.84 Å². The molecule has 7 heteroatoms. The van der Waals surface area contributed by atoms with Gasteiger partial charge in [-0.2, -0.15) is 5.10 Å². The summed E-state index contributed by atoms with van der Waals surface area (Å²) < 4.78 is 7.57. The number of benzene rings is 3. The summed E-state index contributed by atoms with van der Waals surface area (Å²) in [5.41, 5.74) is 7.53. The standard InChI is InChI=1S/C29H28Br2N4O/c1-19(2)14-15-36-23-11-8-21(9-12-23)18-32-35-29(34-28-24(30)16-20(3)17-25(28)31)27-13-10-22-6-4-5-7-26(22)33-27/h4-13,16-19H,14-15H2,1-3H3,(H,34,35). The molecule has 0 unspecified atom stereocenters. The lowest BCUT2D eigenvalue weighted by Crippen LogP contribution is -2.20. The van der Waals surface area contributed by atoms with Gasteiger partial charge in [-0.05, 0) is 111 Å². The molecule has 36 heavy (non-hydrogen) atoms. The summed E-state index contributed by atoms with van der Waals surface area (Å²) in [5, 5.41) is 5.54. The molecule has 4 aromatic rings. The van der Waals surface area contributed by atoms with Crippen LogP contribution < -0.4 is 10.2 Å². The molecule has 5 nitrogen and oxygen atoms in total. The molecule has 0 fully saturated rings. The van der Waals surface area contributed by atoms with Crippen LogP contribution in [0.3, 0.4) is 0 Å². The molecule has 1 N–H and O–H groups in total. The molecule has 3 aromatic carbocycles. The highest BCUT2D eigenvalue weighted by molar-refractivity contribution is 9.11. The van der Waals surface area contributed by atoms with Crippen molar-refractivity contribution in [2.75, 3.05) is 6.61 Å². The number of nitrogens with one attached hydrogen (secondary N) is 1. The fourth-order valence-corrected chi connectivity index (χ4v) is 5.07. The zero-order valence-electron chi connectivity index (χ0n) is 20.5. The number of hydrogen-bond donors (Lipinski definition) is 1. The predicted molar refractivity (Wildman–Crippen MR) is 157 cm³/mol. The van der Waals surface area contributed by atoms with Gasteiger partial charge in [0.1, 0.15) is 11.4 Å². The van der Waals surface area contributed by atoms with E-state index in [9.17, 15) is 0 Å². The fraction of sp³-hybridized carbons (Fsp3) is 0.207. The summed E-state index contributed by atoms with van der Waals surface area (Å²) in [6, 6.07) is 23.9. The number of para-hydroxylation sites is 1. The van der Waals surface area contributed by atoms with Gasteiger partial charge >= 0.3 is 0 Å². The monoisotopic (exact) mass is 606 g/mol. The van der Waals surface area contributed by atoms with Crippen molar-refractivity contribution < 1.29 is 4.74 Å². The molecule has 1 heterocycles. The lowest BCUT2D eigenvalue weighted by Gasteiger charge is -2.10. The van der Waals surface area contributed by atoms with Crippen molar-refractivity contribution in [2.24, 2.45) is 16.0 Å². The lowest BCUT2D eigenvalue weighted by molar-refractivity contribution is 0.289. The second-order valence-electron chi connectivity index (χ2n) is 8.90. The minimum atomic E-state index is 0.538. The average molecular weight is 608 g/mol. The number of fused-ring (bicyclic) bond motifs is 1. The van der Waals surface area contributed by atoms with E-state index in [0.717, 1.165) is 55.4 Å². The van der Waals surface area contributed by atoms with Crippen LogP contribution in [-0.2, 0) is 0 Å². The Labute approximate surface area is 229 Å². The Balaban J connectivity index is 1.59. The summed E-state index contributed by atoms with van der Waals surface area (Å²) in [6.07, 6.45) is 2.79. The Bertz CT molecular complexity index is 1380. The number of aromatic nitrogens is 1. The smallest absolute Gasteiger partial charge is 0.173 e. The van der Waals surface area contributed by atoms with E-state index in [-0.39, 0.29) is 0 Å². The van der Waals surface area contributed by atoms with Gasteiger partial charge in [0, 0.05) is 14.3 Å². The first-order valence-electron chi connectivity index (χ1n) is 11.8. The first-order valence-corrected chi connectivity index (χ1v) is 13.4. The minimum Gasteiger partial charge on any atom is -0.494 e. The molecule has 0 aliphatic rings. The number of hydrazone groups is 1. The molecule has 0 atom stereocenters. The van der Waals surface area contributed by atoms with E-state index >= 15 is 0 Å². The summed E-state index contributed by atoms with van der Waals surface area (Å²) in [5.74, 6) is 2.02. The Morgan fingerprint density at radius 2 is 1.72 bits per heavy atom. The molecule has 0 radical (unpaired) electrons. The Hall–Kier alpha value is -3.03. The summed E-state index contributed by atoms with van der Waals surface area (Å²) in [6.45, 7) is 7.14. The van der Waals surface area contributed by atoms with Gasteiger partial charge in [-0.25, -0.2) is 9.98 Å². The number of ether oxygens (including phenoxy) is 1. The Morgan fingerprint density at radius 1 is 1.00 bits per heavy atom. The Kier molecular flexibility index (Phi) is 8.88. The zero-order chi connectivity index (χ0) is 25.5. The molecule has 0 bridgehead atoms. The van der Waals surface area contributed by atoms with E-state index in [4.69, 9.17) is 14.7 Å². The van der Waals surface area contributed by atoms with E-state index in [1.54, 1.807) is 6.21 Å². The highest BCUT2D eigenvalue weighted by atomic mass is 79.9. The van der Waals surface area contributed by atoms with Gasteiger partial charge in [0.05, 0.1) is 24.0 Å². The summed E-state index contributed by atoms with van der Waals surface area (Å²) >= 11 is 7.28. The molecule has 0 spiro atoms. The van der Waals surface area contributed by atoms with Gasteiger partial charge in [0.25, 0.3) is 0 Å². The number of pyridine rings is 1. The molecule has 4 rings (SSSR count). The highest BCUT2D eigenvalue weighted by Crippen LogP contribution is 2.35. The molecule has 0 saturated heterocycles. The predicted octanol–water partition coefficient (Wildman–Crippen LogP) is 8.20. The topological polar surface area (TPSA) is 58.9 Å². The number of aliphatic imine (C=N–C) groups is 1. The molecule has 1 aromatic heterocycles. The van der Waals surface area contributed by atoms with Crippen LogP contribution in [0.25, 0.3) is 10.9 Å². The maximum atomic E-state index is 5.81. The normalized spacial score (nSPS) is 12.0. The van der Waals surface area contributed by atoms with Crippen molar-refractivity contribution in [3.05, 3.63) is 98.6 Å². The number of halogens is 2. The molecular weight excluding hydrogens is 580 g/mol. The number of rotatable bonds is 8. The van der Waals surface area contributed by atoms with E-state index in [1.807, 2.05) is 79.7 Å². The van der Waals surface area contributed by atoms with Crippen LogP contribution in [0.1, 0.15) is 37.1 Å². The van der Waals surface area contributed by atoms with Crippen LogP contribution in [0.2, 0.25) is 0 Å². The lowest BCUT2D eigenvalue weighted by atomic mass is 10.1. The van der Waals surface area contributed by atoms with Gasteiger partial charge in [-0.3, -0.25) is 5.43 Å². The number of aryl methyl sites for hydroxylation is 1. The minimum absolute atomic E-state index is 0.538. The van der Waals surface area contributed by atoms with Crippen LogP contribution >= 0.6 is 31.9 Å². The second-order valence-corrected chi connectivity index (χ2v) is 10.6. The van der Waals surface area contributed by atoms with Crippen molar-refractivity contribution in [1.29, 1.82) is 0 Å². The molecule has 184 valence electrons. The van der Waals surface area contributed by atoms with Gasteiger partial charge in [-0.15, -0.1) is 0 Å². The summed E-state index contributed by atoms with van der Waals surface area (Å²) in [7, 11) is 0. The average Bonchev–Trinajstić information content (AvgIpc) is 2.85. The number of nitrogens with zero attached hydrogens (tertiary/aromatic N) is 3. The maximum Gasteiger partial charge on any atom is 0.173 e. The van der Waals surface area contributed by atoms with E-state index in [2.05, 4.69) is 56.2 Å². The quantitative estimate of drug-likeness (QED) is 0.125. The van der Waals surface area contributed by atoms with Crippen molar-refractivity contribution in [2.45, 2.75) is 27.2 Å².